The van der Waals surface area contributed by atoms with Crippen molar-refractivity contribution in [2.24, 2.45) is 0 Å². The Morgan fingerprint density at radius 3 is 2.65 bits per heavy atom. The molecule has 0 aliphatic carbocycles. The first kappa shape index (κ1) is 15.6. The van der Waals surface area contributed by atoms with E-state index in [-0.39, 0.29) is 10.5 Å². The first-order valence-electron chi connectivity index (χ1n) is 7.42. The summed E-state index contributed by atoms with van der Waals surface area (Å²) in [5.74, 6) is -1.13. The first-order chi connectivity index (χ1) is 10.9. The largest absolute Gasteiger partial charge is 0.478 e. The SMILES string of the molecule is CCc1ccc(C(=O)O)cc1S(=O)(=O)N1CCc2ccccc21. The van der Waals surface area contributed by atoms with Crippen LogP contribution in [0.25, 0.3) is 0 Å². The topological polar surface area (TPSA) is 74.7 Å². The fourth-order valence-corrected chi connectivity index (χ4v) is 4.72. The summed E-state index contributed by atoms with van der Waals surface area (Å²) in [4.78, 5) is 11.3. The van der Waals surface area contributed by atoms with E-state index in [9.17, 15) is 13.2 Å². The zero-order valence-corrected chi connectivity index (χ0v) is 13.5. The van der Waals surface area contributed by atoms with Gasteiger partial charge in [-0.1, -0.05) is 31.2 Å². The summed E-state index contributed by atoms with van der Waals surface area (Å²) in [5, 5.41) is 9.15. The Kier molecular flexibility index (Phi) is 3.85. The number of hydrogen-bond acceptors (Lipinski definition) is 3. The number of carboxylic acid groups (broad SMARTS) is 1. The molecule has 2 aromatic carbocycles. The second-order valence-electron chi connectivity index (χ2n) is 5.44. The van der Waals surface area contributed by atoms with Crippen molar-refractivity contribution < 1.29 is 18.3 Å². The predicted octanol–water partition coefficient (Wildman–Crippen LogP) is 2.70. The van der Waals surface area contributed by atoms with E-state index >= 15 is 0 Å². The molecule has 23 heavy (non-hydrogen) atoms. The number of sulfonamides is 1. The zero-order valence-electron chi connectivity index (χ0n) is 12.7. The molecule has 120 valence electrons. The Bertz CT molecular complexity index is 874. The molecule has 1 N–H and O–H groups in total. The standard InChI is InChI=1S/C17H17NO4S/c1-2-12-7-8-14(17(19)20)11-16(12)23(21,22)18-10-9-13-5-3-4-6-15(13)18/h3-8,11H,2,9-10H2,1H3,(H,19,20). The molecule has 3 rings (SSSR count). The van der Waals surface area contributed by atoms with E-state index in [1.54, 1.807) is 18.2 Å². The van der Waals surface area contributed by atoms with Crippen molar-refractivity contribution in [3.05, 3.63) is 59.2 Å². The van der Waals surface area contributed by atoms with Crippen LogP contribution in [0.15, 0.2) is 47.4 Å². The summed E-state index contributed by atoms with van der Waals surface area (Å²) in [7, 11) is -3.78. The van der Waals surface area contributed by atoms with E-state index in [1.807, 2.05) is 19.1 Å². The normalized spacial score (nSPS) is 13.9. The predicted molar refractivity (Wildman–Crippen MR) is 87.5 cm³/mol. The Balaban J connectivity index is 2.14. The highest BCUT2D eigenvalue weighted by molar-refractivity contribution is 7.93. The molecule has 1 heterocycles. The Hall–Kier alpha value is -2.34. The Labute approximate surface area is 135 Å². The van der Waals surface area contributed by atoms with Gasteiger partial charge in [0.2, 0.25) is 0 Å². The number of carboxylic acids is 1. The van der Waals surface area contributed by atoms with Gasteiger partial charge in [-0.05, 0) is 42.2 Å². The maximum atomic E-state index is 13.1. The quantitative estimate of drug-likeness (QED) is 0.935. The minimum absolute atomic E-state index is 0.0201. The lowest BCUT2D eigenvalue weighted by Crippen LogP contribution is -2.30. The average Bonchev–Trinajstić information content (AvgIpc) is 2.99. The van der Waals surface area contributed by atoms with E-state index in [1.165, 1.54) is 16.4 Å². The lowest BCUT2D eigenvalue weighted by Gasteiger charge is -2.21. The number of hydrogen-bond donors (Lipinski definition) is 1. The summed E-state index contributed by atoms with van der Waals surface area (Å²) in [5.41, 5.74) is 2.27. The van der Waals surface area contributed by atoms with Crippen molar-refractivity contribution in [1.29, 1.82) is 0 Å². The van der Waals surface area contributed by atoms with Gasteiger partial charge < -0.3 is 5.11 Å². The van der Waals surface area contributed by atoms with Gasteiger partial charge in [-0.15, -0.1) is 0 Å². The number of rotatable bonds is 4. The smallest absolute Gasteiger partial charge is 0.335 e. The molecule has 0 bridgehead atoms. The highest BCUT2D eigenvalue weighted by Crippen LogP contribution is 2.34. The molecular weight excluding hydrogens is 314 g/mol. The molecule has 1 aliphatic heterocycles. The van der Waals surface area contributed by atoms with Crippen LogP contribution in [0.1, 0.15) is 28.4 Å². The number of aromatic carboxylic acids is 1. The molecular formula is C17H17NO4S. The van der Waals surface area contributed by atoms with Crippen molar-refractivity contribution in [3.8, 4) is 0 Å². The van der Waals surface area contributed by atoms with Crippen LogP contribution >= 0.6 is 0 Å². The van der Waals surface area contributed by atoms with E-state index < -0.39 is 16.0 Å². The zero-order chi connectivity index (χ0) is 16.6. The van der Waals surface area contributed by atoms with Crippen molar-refractivity contribution in [1.82, 2.24) is 0 Å². The van der Waals surface area contributed by atoms with Gasteiger partial charge >= 0.3 is 5.97 Å². The molecule has 0 atom stereocenters. The second kappa shape index (κ2) is 5.70. The van der Waals surface area contributed by atoms with Gasteiger partial charge in [-0.2, -0.15) is 0 Å². The van der Waals surface area contributed by atoms with Crippen LogP contribution < -0.4 is 4.31 Å². The molecule has 0 spiro atoms. The summed E-state index contributed by atoms with van der Waals surface area (Å²) >= 11 is 0. The average molecular weight is 331 g/mol. The number of nitrogens with zero attached hydrogens (tertiary/aromatic N) is 1. The molecule has 0 amide bonds. The molecule has 0 radical (unpaired) electrons. The van der Waals surface area contributed by atoms with Crippen LogP contribution in [0.2, 0.25) is 0 Å². The van der Waals surface area contributed by atoms with E-state index in [2.05, 4.69) is 0 Å². The fraction of sp³-hybridized carbons (Fsp3) is 0.235. The van der Waals surface area contributed by atoms with Crippen LogP contribution in [-0.4, -0.2) is 26.0 Å². The number of aryl methyl sites for hydroxylation is 1. The Morgan fingerprint density at radius 1 is 1.22 bits per heavy atom. The third kappa shape index (κ3) is 2.59. The van der Waals surface area contributed by atoms with Gasteiger partial charge in [0.1, 0.15) is 0 Å². The lowest BCUT2D eigenvalue weighted by molar-refractivity contribution is 0.0696. The van der Waals surface area contributed by atoms with Crippen LogP contribution in [0.3, 0.4) is 0 Å². The lowest BCUT2D eigenvalue weighted by atomic mass is 10.1. The van der Waals surface area contributed by atoms with Crippen LogP contribution in [-0.2, 0) is 22.9 Å². The summed E-state index contributed by atoms with van der Waals surface area (Å²) in [6.45, 7) is 2.23. The van der Waals surface area contributed by atoms with Crippen LogP contribution in [0, 0.1) is 0 Å². The molecule has 0 unspecified atom stereocenters. The van der Waals surface area contributed by atoms with E-state index in [0.29, 0.717) is 30.6 Å². The van der Waals surface area contributed by atoms with Crippen molar-refractivity contribution in [3.63, 3.8) is 0 Å². The first-order valence-corrected chi connectivity index (χ1v) is 8.86. The minimum atomic E-state index is -3.78. The fourth-order valence-electron chi connectivity index (χ4n) is 2.90. The maximum absolute atomic E-state index is 13.1. The summed E-state index contributed by atoms with van der Waals surface area (Å²) in [6.07, 6.45) is 1.18. The minimum Gasteiger partial charge on any atom is -0.478 e. The van der Waals surface area contributed by atoms with Crippen molar-refractivity contribution in [2.45, 2.75) is 24.7 Å². The molecule has 0 aromatic heterocycles. The van der Waals surface area contributed by atoms with Gasteiger partial charge in [0.05, 0.1) is 16.1 Å². The maximum Gasteiger partial charge on any atom is 0.335 e. The van der Waals surface area contributed by atoms with E-state index in [0.717, 1.165) is 5.56 Å². The van der Waals surface area contributed by atoms with Gasteiger partial charge in [0.25, 0.3) is 10.0 Å². The summed E-state index contributed by atoms with van der Waals surface area (Å²) < 4.78 is 27.5. The molecule has 0 saturated heterocycles. The van der Waals surface area contributed by atoms with E-state index in [4.69, 9.17) is 5.11 Å². The van der Waals surface area contributed by atoms with Crippen LogP contribution in [0.5, 0.6) is 0 Å². The number of carbonyl (C=O) groups is 1. The van der Waals surface area contributed by atoms with Crippen LogP contribution in [0.4, 0.5) is 5.69 Å². The van der Waals surface area contributed by atoms with Gasteiger partial charge in [0.15, 0.2) is 0 Å². The highest BCUT2D eigenvalue weighted by atomic mass is 32.2. The molecule has 5 nitrogen and oxygen atoms in total. The third-order valence-corrected chi connectivity index (χ3v) is 6.00. The highest BCUT2D eigenvalue weighted by Gasteiger charge is 2.32. The van der Waals surface area contributed by atoms with Gasteiger partial charge in [0, 0.05) is 6.54 Å². The monoisotopic (exact) mass is 331 g/mol. The number of anilines is 1. The van der Waals surface area contributed by atoms with Crippen molar-refractivity contribution in [2.75, 3.05) is 10.8 Å². The molecule has 2 aromatic rings. The number of para-hydroxylation sites is 1. The second-order valence-corrected chi connectivity index (χ2v) is 7.27. The molecule has 6 heteroatoms. The van der Waals surface area contributed by atoms with Crippen molar-refractivity contribution >= 4 is 21.7 Å². The molecule has 0 fully saturated rings. The molecule has 1 aliphatic rings. The molecule has 0 saturated carbocycles. The number of benzene rings is 2. The number of fused-ring (bicyclic) bond motifs is 1. The summed E-state index contributed by atoms with van der Waals surface area (Å²) in [6, 6.07) is 11.7. The third-order valence-electron chi connectivity index (χ3n) is 4.11. The van der Waals surface area contributed by atoms with Gasteiger partial charge in [-0.3, -0.25) is 4.31 Å². The Morgan fingerprint density at radius 2 is 1.96 bits per heavy atom. The van der Waals surface area contributed by atoms with Gasteiger partial charge in [-0.25, -0.2) is 13.2 Å².